The average molecular weight is 182 g/mol. The summed E-state index contributed by atoms with van der Waals surface area (Å²) in [5.41, 5.74) is -0.528. The van der Waals surface area contributed by atoms with E-state index in [0.717, 1.165) is 19.2 Å². The van der Waals surface area contributed by atoms with Crippen molar-refractivity contribution >= 4 is 19.3 Å². The molecule has 0 N–H and O–H groups in total. The van der Waals surface area contributed by atoms with Crippen LogP contribution in [0.4, 0.5) is 8.78 Å². The minimum Gasteiger partial charge on any atom is -0.465 e. The van der Waals surface area contributed by atoms with Crippen LogP contribution in [0.1, 0.15) is 10.4 Å². The Morgan fingerprint density at radius 1 is 1.46 bits per heavy atom. The quantitative estimate of drug-likeness (QED) is 0.468. The molecule has 0 saturated carbocycles. The molecule has 0 amide bonds. The summed E-state index contributed by atoms with van der Waals surface area (Å²) >= 11 is 0. The van der Waals surface area contributed by atoms with E-state index in [4.69, 9.17) is 7.85 Å². The summed E-state index contributed by atoms with van der Waals surface area (Å²) in [6.45, 7) is 0. The third-order valence-electron chi connectivity index (χ3n) is 1.48. The van der Waals surface area contributed by atoms with Crippen molar-refractivity contribution in [3.8, 4) is 0 Å². The molecule has 0 aliphatic heterocycles. The second-order valence-electron chi connectivity index (χ2n) is 2.35. The monoisotopic (exact) mass is 182 g/mol. The molecule has 1 aromatic carbocycles. The van der Waals surface area contributed by atoms with Gasteiger partial charge in [0.05, 0.1) is 12.7 Å². The van der Waals surface area contributed by atoms with Crippen molar-refractivity contribution in [3.63, 3.8) is 0 Å². The summed E-state index contributed by atoms with van der Waals surface area (Å²) in [5, 5.41) is 0. The topological polar surface area (TPSA) is 26.3 Å². The number of hydrogen-bond donors (Lipinski definition) is 0. The van der Waals surface area contributed by atoms with Crippen LogP contribution < -0.4 is 5.46 Å². The summed E-state index contributed by atoms with van der Waals surface area (Å²) < 4.78 is 29.6. The van der Waals surface area contributed by atoms with Gasteiger partial charge in [0.2, 0.25) is 0 Å². The largest absolute Gasteiger partial charge is 0.465 e. The predicted molar refractivity (Wildman–Crippen MR) is 43.1 cm³/mol. The van der Waals surface area contributed by atoms with Crippen LogP contribution in [-0.4, -0.2) is 20.9 Å². The number of methoxy groups -OCH3 is 1. The van der Waals surface area contributed by atoms with Gasteiger partial charge in [0.25, 0.3) is 0 Å². The molecule has 0 atom stereocenters. The molecule has 0 aliphatic rings. The lowest BCUT2D eigenvalue weighted by atomic mass is 9.93. The van der Waals surface area contributed by atoms with Crippen molar-refractivity contribution in [1.29, 1.82) is 0 Å². The zero-order chi connectivity index (χ0) is 10.0. The van der Waals surface area contributed by atoms with E-state index < -0.39 is 23.1 Å². The Kier molecular flexibility index (Phi) is 2.65. The van der Waals surface area contributed by atoms with Crippen LogP contribution >= 0.6 is 0 Å². The minimum atomic E-state index is -1.17. The highest BCUT2D eigenvalue weighted by molar-refractivity contribution is 6.32. The number of rotatable bonds is 1. The first-order valence-electron chi connectivity index (χ1n) is 3.39. The molecule has 0 fully saturated rings. The van der Waals surface area contributed by atoms with E-state index in [1.807, 2.05) is 0 Å². The first kappa shape index (κ1) is 9.70. The fourth-order valence-electron chi connectivity index (χ4n) is 0.846. The summed E-state index contributed by atoms with van der Waals surface area (Å²) in [4.78, 5) is 10.9. The third-order valence-corrected chi connectivity index (χ3v) is 1.48. The number of carbonyl (C=O) groups is 1. The van der Waals surface area contributed by atoms with Crippen molar-refractivity contribution in [2.75, 3.05) is 7.11 Å². The summed E-state index contributed by atoms with van der Waals surface area (Å²) in [7, 11) is 6.23. The van der Waals surface area contributed by atoms with Crippen molar-refractivity contribution < 1.29 is 18.3 Å². The highest BCUT2D eigenvalue weighted by Gasteiger charge is 2.11. The van der Waals surface area contributed by atoms with E-state index in [1.165, 1.54) is 0 Å². The number of hydrogen-bond acceptors (Lipinski definition) is 2. The van der Waals surface area contributed by atoms with Crippen LogP contribution in [0.5, 0.6) is 0 Å². The van der Waals surface area contributed by atoms with E-state index in [-0.39, 0.29) is 5.56 Å². The molecule has 0 unspecified atom stereocenters. The zero-order valence-electron chi connectivity index (χ0n) is 6.80. The Morgan fingerprint density at radius 2 is 2.08 bits per heavy atom. The fourth-order valence-corrected chi connectivity index (χ4v) is 0.846. The van der Waals surface area contributed by atoms with Gasteiger partial charge in [0.1, 0.15) is 7.85 Å². The van der Waals surface area contributed by atoms with Crippen molar-refractivity contribution in [2.24, 2.45) is 0 Å². The lowest BCUT2D eigenvalue weighted by molar-refractivity contribution is 0.0600. The molecule has 5 heteroatoms. The third kappa shape index (κ3) is 1.85. The Morgan fingerprint density at radius 3 is 2.54 bits per heavy atom. The van der Waals surface area contributed by atoms with Gasteiger partial charge in [0.15, 0.2) is 11.6 Å². The van der Waals surface area contributed by atoms with Gasteiger partial charge in [-0.1, -0.05) is 11.5 Å². The Labute approximate surface area is 74.9 Å². The van der Waals surface area contributed by atoms with Gasteiger partial charge in [-0.3, -0.25) is 0 Å². The molecule has 0 bridgehead atoms. The van der Waals surface area contributed by atoms with E-state index in [9.17, 15) is 13.6 Å². The van der Waals surface area contributed by atoms with Crippen LogP contribution in [0.15, 0.2) is 12.1 Å². The molecule has 0 saturated heterocycles. The average Bonchev–Trinajstić information content (AvgIpc) is 2.12. The van der Waals surface area contributed by atoms with Gasteiger partial charge in [-0.2, -0.15) is 0 Å². The molecule has 0 spiro atoms. The van der Waals surface area contributed by atoms with Crippen LogP contribution in [0, 0.1) is 11.6 Å². The number of halogens is 2. The molecule has 1 aromatic rings. The molecule has 0 aliphatic carbocycles. The fraction of sp³-hybridized carbons (Fsp3) is 0.125. The Bertz CT molecular complexity index is 329. The number of esters is 1. The normalized spacial score (nSPS) is 9.77. The first-order chi connectivity index (χ1) is 6.06. The maximum Gasteiger partial charge on any atom is 0.337 e. The summed E-state index contributed by atoms with van der Waals surface area (Å²) in [6.07, 6.45) is 0. The van der Waals surface area contributed by atoms with Crippen LogP contribution in [0.3, 0.4) is 0 Å². The highest BCUT2D eigenvalue weighted by atomic mass is 19.2. The van der Waals surface area contributed by atoms with Crippen molar-refractivity contribution in [2.45, 2.75) is 0 Å². The van der Waals surface area contributed by atoms with Crippen molar-refractivity contribution in [1.82, 2.24) is 0 Å². The zero-order valence-corrected chi connectivity index (χ0v) is 6.80. The molecule has 66 valence electrons. The van der Waals surface area contributed by atoms with Gasteiger partial charge < -0.3 is 4.74 Å². The van der Waals surface area contributed by atoms with Crippen LogP contribution in [0.25, 0.3) is 0 Å². The summed E-state index contributed by atoms with van der Waals surface area (Å²) in [5.74, 6) is -3.08. The lowest BCUT2D eigenvalue weighted by Gasteiger charge is -2.02. The van der Waals surface area contributed by atoms with Crippen LogP contribution in [0.2, 0.25) is 0 Å². The molecule has 1 rings (SSSR count). The predicted octanol–water partition coefficient (Wildman–Crippen LogP) is 0.545. The van der Waals surface area contributed by atoms with Gasteiger partial charge in [0, 0.05) is 0 Å². The molecule has 13 heavy (non-hydrogen) atoms. The SMILES string of the molecule is [B]c1cc(C(=O)OC)cc(F)c1F. The molecular weight excluding hydrogens is 177 g/mol. The number of benzene rings is 1. The van der Waals surface area contributed by atoms with Crippen LogP contribution in [-0.2, 0) is 4.74 Å². The van der Waals surface area contributed by atoms with Gasteiger partial charge in [-0.05, 0) is 6.07 Å². The lowest BCUT2D eigenvalue weighted by Crippen LogP contribution is -2.15. The molecule has 2 radical (unpaired) electrons. The minimum absolute atomic E-state index is 0.112. The first-order valence-corrected chi connectivity index (χ1v) is 3.39. The molecule has 2 nitrogen and oxygen atoms in total. The maximum atomic E-state index is 12.7. The van der Waals surface area contributed by atoms with Crippen molar-refractivity contribution in [3.05, 3.63) is 29.3 Å². The van der Waals surface area contributed by atoms with E-state index in [2.05, 4.69) is 4.74 Å². The highest BCUT2D eigenvalue weighted by Crippen LogP contribution is 2.06. The standard InChI is InChI=1S/C8H5BF2O2/c1-13-8(12)4-2-5(9)7(11)6(10)3-4/h2-3H,1H3. The molecular formula is C8H5BF2O2. The maximum absolute atomic E-state index is 12.7. The number of ether oxygens (including phenoxy) is 1. The molecule has 0 aromatic heterocycles. The molecule has 0 heterocycles. The van der Waals surface area contributed by atoms with E-state index in [1.54, 1.807) is 0 Å². The smallest absolute Gasteiger partial charge is 0.337 e. The van der Waals surface area contributed by atoms with E-state index in [0.29, 0.717) is 0 Å². The van der Waals surface area contributed by atoms with Gasteiger partial charge in [-0.25, -0.2) is 13.6 Å². The van der Waals surface area contributed by atoms with E-state index >= 15 is 0 Å². The van der Waals surface area contributed by atoms with Gasteiger partial charge >= 0.3 is 5.97 Å². The second-order valence-corrected chi connectivity index (χ2v) is 2.35. The number of carbonyl (C=O) groups excluding carboxylic acids is 1. The Hall–Kier alpha value is -1.39. The second kappa shape index (κ2) is 3.55. The summed E-state index contributed by atoms with van der Waals surface area (Å²) in [6, 6.07) is 1.75. The van der Waals surface area contributed by atoms with Gasteiger partial charge in [-0.15, -0.1) is 0 Å². The Balaban J connectivity index is 3.20.